The lowest BCUT2D eigenvalue weighted by Crippen LogP contribution is -2.33. The number of carbonyl (C=O) groups is 2. The van der Waals surface area contributed by atoms with Crippen LogP contribution in [0.25, 0.3) is 0 Å². The number of nitrogens with one attached hydrogen (secondary N) is 1. The van der Waals surface area contributed by atoms with Crippen molar-refractivity contribution >= 4 is 11.8 Å². The van der Waals surface area contributed by atoms with Gasteiger partial charge in [0.1, 0.15) is 12.4 Å². The predicted octanol–water partition coefficient (Wildman–Crippen LogP) is 2.66. The molecule has 0 bridgehead atoms. The molecule has 0 spiro atoms. The topological polar surface area (TPSA) is 58.6 Å². The van der Waals surface area contributed by atoms with E-state index in [1.807, 2.05) is 17.0 Å². The lowest BCUT2D eigenvalue weighted by molar-refractivity contribution is -0.132. The smallest absolute Gasteiger partial charge is 0.223 e. The van der Waals surface area contributed by atoms with Gasteiger partial charge in [0, 0.05) is 31.0 Å². The Balaban J connectivity index is 1.62. The van der Waals surface area contributed by atoms with Crippen LogP contribution in [0.2, 0.25) is 0 Å². The fourth-order valence-electron chi connectivity index (χ4n) is 3.08. The number of hydrogen-bond donors (Lipinski definition) is 1. The minimum atomic E-state index is 0.127. The van der Waals surface area contributed by atoms with Crippen LogP contribution in [-0.4, -0.2) is 35.9 Å². The zero-order chi connectivity index (χ0) is 17.8. The maximum Gasteiger partial charge on any atom is 0.223 e. The summed E-state index contributed by atoms with van der Waals surface area (Å²) in [5.41, 5.74) is 2.15. The van der Waals surface area contributed by atoms with Crippen LogP contribution in [0.4, 0.5) is 0 Å². The van der Waals surface area contributed by atoms with Crippen molar-refractivity contribution in [2.24, 2.45) is 5.92 Å². The van der Waals surface area contributed by atoms with Crippen LogP contribution in [0.5, 0.6) is 5.75 Å². The first-order chi connectivity index (χ1) is 12.0. The van der Waals surface area contributed by atoms with Crippen molar-refractivity contribution in [1.82, 2.24) is 10.2 Å². The number of hydrogen-bond acceptors (Lipinski definition) is 3. The van der Waals surface area contributed by atoms with Crippen molar-refractivity contribution in [1.29, 1.82) is 0 Å². The van der Waals surface area contributed by atoms with Gasteiger partial charge in [-0.15, -0.1) is 0 Å². The third kappa shape index (κ3) is 5.21. The standard InChI is InChI=1S/C20H28N2O3/c1-14(2)11-20(24)22-9-10-25-18-7-3-15(12-16(18)13-22)4-8-19(23)21-17-5-6-17/h3,7,12,14,17H,4-6,8-11,13H2,1-2H3,(H,21,23). The molecule has 3 rings (SSSR count). The molecule has 1 aromatic carbocycles. The van der Waals surface area contributed by atoms with Crippen LogP contribution in [-0.2, 0) is 22.6 Å². The molecule has 1 saturated carbocycles. The number of carbonyl (C=O) groups excluding carboxylic acids is 2. The van der Waals surface area contributed by atoms with Crippen molar-refractivity contribution < 1.29 is 14.3 Å². The van der Waals surface area contributed by atoms with Crippen LogP contribution < -0.4 is 10.1 Å². The zero-order valence-corrected chi connectivity index (χ0v) is 15.2. The molecule has 1 fully saturated rings. The largest absolute Gasteiger partial charge is 0.491 e. The number of aryl methyl sites for hydroxylation is 1. The molecular weight excluding hydrogens is 316 g/mol. The summed E-state index contributed by atoms with van der Waals surface area (Å²) in [7, 11) is 0. The van der Waals surface area contributed by atoms with Crippen molar-refractivity contribution in [3.05, 3.63) is 29.3 Å². The van der Waals surface area contributed by atoms with Gasteiger partial charge in [-0.25, -0.2) is 0 Å². The average Bonchev–Trinajstić information content (AvgIpc) is 3.37. The summed E-state index contributed by atoms with van der Waals surface area (Å²) in [5, 5.41) is 3.02. The summed E-state index contributed by atoms with van der Waals surface area (Å²) in [5.74, 6) is 1.52. The minimum absolute atomic E-state index is 0.127. The fraction of sp³-hybridized carbons (Fsp3) is 0.600. The van der Waals surface area contributed by atoms with E-state index < -0.39 is 0 Å². The Morgan fingerprint density at radius 1 is 1.32 bits per heavy atom. The van der Waals surface area contributed by atoms with Crippen molar-refractivity contribution in [3.63, 3.8) is 0 Å². The van der Waals surface area contributed by atoms with Gasteiger partial charge in [-0.2, -0.15) is 0 Å². The molecule has 1 N–H and O–H groups in total. The first-order valence-electron chi connectivity index (χ1n) is 9.33. The normalized spacial score (nSPS) is 16.8. The van der Waals surface area contributed by atoms with Gasteiger partial charge in [0.15, 0.2) is 0 Å². The summed E-state index contributed by atoms with van der Waals surface area (Å²) >= 11 is 0. The molecule has 0 unspecified atom stereocenters. The highest BCUT2D eigenvalue weighted by molar-refractivity contribution is 5.77. The number of ether oxygens (including phenoxy) is 1. The molecule has 5 heteroatoms. The number of benzene rings is 1. The molecule has 25 heavy (non-hydrogen) atoms. The lowest BCUT2D eigenvalue weighted by Gasteiger charge is -2.21. The second-order valence-corrected chi connectivity index (χ2v) is 7.55. The quantitative estimate of drug-likeness (QED) is 0.863. The third-order valence-corrected chi connectivity index (χ3v) is 4.62. The molecule has 136 valence electrons. The molecule has 1 heterocycles. The molecule has 2 amide bonds. The molecular formula is C20H28N2O3. The van der Waals surface area contributed by atoms with Crippen LogP contribution in [0.3, 0.4) is 0 Å². The second-order valence-electron chi connectivity index (χ2n) is 7.55. The van der Waals surface area contributed by atoms with Gasteiger partial charge in [0.05, 0.1) is 6.54 Å². The van der Waals surface area contributed by atoms with Gasteiger partial charge in [-0.1, -0.05) is 26.0 Å². The minimum Gasteiger partial charge on any atom is -0.491 e. The molecule has 0 saturated heterocycles. The highest BCUT2D eigenvalue weighted by Gasteiger charge is 2.23. The summed E-state index contributed by atoms with van der Waals surface area (Å²) < 4.78 is 5.80. The van der Waals surface area contributed by atoms with Gasteiger partial charge >= 0.3 is 0 Å². The Labute approximate surface area is 149 Å². The van der Waals surface area contributed by atoms with E-state index in [-0.39, 0.29) is 11.8 Å². The highest BCUT2D eigenvalue weighted by atomic mass is 16.5. The molecule has 1 aliphatic carbocycles. The monoisotopic (exact) mass is 344 g/mol. The van der Waals surface area contributed by atoms with E-state index in [0.29, 0.717) is 50.9 Å². The first-order valence-corrected chi connectivity index (χ1v) is 9.33. The van der Waals surface area contributed by atoms with Crippen molar-refractivity contribution in [2.75, 3.05) is 13.2 Å². The Kier molecular flexibility index (Phi) is 5.61. The Bertz CT molecular complexity index is 638. The number of nitrogens with zero attached hydrogens (tertiary/aromatic N) is 1. The van der Waals surface area contributed by atoms with Gasteiger partial charge in [-0.3, -0.25) is 9.59 Å². The van der Waals surface area contributed by atoms with Gasteiger partial charge in [-0.05, 0) is 36.8 Å². The predicted molar refractivity (Wildman–Crippen MR) is 96.3 cm³/mol. The average molecular weight is 344 g/mol. The Morgan fingerprint density at radius 2 is 2.12 bits per heavy atom. The van der Waals surface area contributed by atoms with E-state index in [1.165, 1.54) is 0 Å². The van der Waals surface area contributed by atoms with E-state index in [2.05, 4.69) is 25.2 Å². The molecule has 0 radical (unpaired) electrons. The maximum absolute atomic E-state index is 12.4. The maximum atomic E-state index is 12.4. The number of fused-ring (bicyclic) bond motifs is 1. The van der Waals surface area contributed by atoms with Crippen LogP contribution >= 0.6 is 0 Å². The fourth-order valence-corrected chi connectivity index (χ4v) is 3.08. The summed E-state index contributed by atoms with van der Waals surface area (Å²) in [6.45, 7) is 5.86. The summed E-state index contributed by atoms with van der Waals surface area (Å²) in [6.07, 6.45) is 4.01. The molecule has 2 aliphatic rings. The van der Waals surface area contributed by atoms with E-state index in [4.69, 9.17) is 4.74 Å². The number of rotatable bonds is 6. The van der Waals surface area contributed by atoms with Gasteiger partial charge in [0.2, 0.25) is 11.8 Å². The molecule has 1 aromatic rings. The van der Waals surface area contributed by atoms with Crippen molar-refractivity contribution in [2.45, 2.75) is 58.5 Å². The van der Waals surface area contributed by atoms with E-state index >= 15 is 0 Å². The van der Waals surface area contributed by atoms with E-state index in [0.717, 1.165) is 29.7 Å². The summed E-state index contributed by atoms with van der Waals surface area (Å²) in [4.78, 5) is 26.1. The highest BCUT2D eigenvalue weighted by Crippen LogP contribution is 2.26. The van der Waals surface area contributed by atoms with E-state index in [9.17, 15) is 9.59 Å². The summed E-state index contributed by atoms with van der Waals surface area (Å²) in [6, 6.07) is 6.49. The first kappa shape index (κ1) is 17.8. The molecule has 0 atom stereocenters. The third-order valence-electron chi connectivity index (χ3n) is 4.62. The second kappa shape index (κ2) is 7.89. The Morgan fingerprint density at radius 3 is 2.84 bits per heavy atom. The Hall–Kier alpha value is -2.04. The van der Waals surface area contributed by atoms with Crippen LogP contribution in [0.1, 0.15) is 50.7 Å². The zero-order valence-electron chi connectivity index (χ0n) is 15.2. The molecule has 1 aliphatic heterocycles. The molecule has 5 nitrogen and oxygen atoms in total. The molecule has 0 aromatic heterocycles. The van der Waals surface area contributed by atoms with Gasteiger partial charge < -0.3 is 15.0 Å². The number of amides is 2. The van der Waals surface area contributed by atoms with Crippen LogP contribution in [0.15, 0.2) is 18.2 Å². The van der Waals surface area contributed by atoms with E-state index in [1.54, 1.807) is 0 Å². The van der Waals surface area contributed by atoms with Crippen molar-refractivity contribution in [3.8, 4) is 5.75 Å². The SMILES string of the molecule is CC(C)CC(=O)N1CCOc2ccc(CCC(=O)NC3CC3)cc2C1. The van der Waals surface area contributed by atoms with Crippen LogP contribution in [0, 0.1) is 5.92 Å². The van der Waals surface area contributed by atoms with Gasteiger partial charge in [0.25, 0.3) is 0 Å². The lowest BCUT2D eigenvalue weighted by atomic mass is 10.0.